The Balaban J connectivity index is 1.79. The Morgan fingerprint density at radius 3 is 2.04 bits per heavy atom. The molecule has 0 aliphatic heterocycles. The summed E-state index contributed by atoms with van der Waals surface area (Å²) in [6.07, 6.45) is 1.44. The van der Waals surface area contributed by atoms with Crippen molar-refractivity contribution in [3.05, 3.63) is 83.9 Å². The van der Waals surface area contributed by atoms with E-state index in [9.17, 15) is 8.42 Å². The van der Waals surface area contributed by atoms with Crippen molar-refractivity contribution in [1.29, 1.82) is 0 Å². The number of azo groups is 1. The first-order valence-corrected chi connectivity index (χ1v) is 10.7. The summed E-state index contributed by atoms with van der Waals surface area (Å²) in [7, 11) is -3.66. The van der Waals surface area contributed by atoms with E-state index < -0.39 is 10.0 Å². The van der Waals surface area contributed by atoms with Crippen LogP contribution in [0, 0.1) is 0 Å². The third-order valence-electron chi connectivity index (χ3n) is 4.37. The Labute approximate surface area is 166 Å². The van der Waals surface area contributed by atoms with Gasteiger partial charge in [-0.2, -0.15) is 10.2 Å². The van der Waals surface area contributed by atoms with E-state index in [4.69, 9.17) is 0 Å². The van der Waals surface area contributed by atoms with Gasteiger partial charge in [-0.15, -0.1) is 0 Å². The summed E-state index contributed by atoms with van der Waals surface area (Å²) in [5.41, 5.74) is 3.69. The van der Waals surface area contributed by atoms with Gasteiger partial charge >= 0.3 is 0 Å². The highest BCUT2D eigenvalue weighted by Gasteiger charge is 2.18. The lowest BCUT2D eigenvalue weighted by Gasteiger charge is -2.13. The molecule has 0 bridgehead atoms. The second-order valence-corrected chi connectivity index (χ2v) is 7.99. The smallest absolute Gasteiger partial charge is 0.262 e. The van der Waals surface area contributed by atoms with Gasteiger partial charge in [0.05, 0.1) is 16.3 Å². The van der Waals surface area contributed by atoms with Crippen molar-refractivity contribution in [2.45, 2.75) is 31.6 Å². The van der Waals surface area contributed by atoms with E-state index in [0.717, 1.165) is 23.2 Å². The third-order valence-corrected chi connectivity index (χ3v) is 5.83. The fourth-order valence-corrected chi connectivity index (χ4v) is 4.20. The number of anilines is 1. The van der Waals surface area contributed by atoms with Crippen molar-refractivity contribution >= 4 is 27.1 Å². The maximum Gasteiger partial charge on any atom is 0.262 e. The minimum absolute atomic E-state index is 0.335. The van der Waals surface area contributed by atoms with Crippen molar-refractivity contribution < 1.29 is 8.42 Å². The van der Waals surface area contributed by atoms with Crippen molar-refractivity contribution in [3.8, 4) is 0 Å². The Kier molecular flexibility index (Phi) is 6.21. The second-order valence-electron chi connectivity index (χ2n) is 6.34. The zero-order chi connectivity index (χ0) is 20.0. The minimum Gasteiger partial charge on any atom is -0.280 e. The molecule has 0 fully saturated rings. The number of hydrogen-bond acceptors (Lipinski definition) is 4. The molecule has 0 aromatic heterocycles. The molecular formula is C22H23N3O2S. The monoisotopic (exact) mass is 393 g/mol. The van der Waals surface area contributed by atoms with Crippen LogP contribution in [0.2, 0.25) is 0 Å². The predicted molar refractivity (Wildman–Crippen MR) is 113 cm³/mol. The molecule has 1 N–H and O–H groups in total. The summed E-state index contributed by atoms with van der Waals surface area (Å²) in [6, 6.07) is 21.9. The molecule has 6 heteroatoms. The highest BCUT2D eigenvalue weighted by atomic mass is 32.2. The average molecular weight is 394 g/mol. The lowest BCUT2D eigenvalue weighted by Crippen LogP contribution is -2.15. The molecule has 0 aliphatic rings. The molecule has 0 saturated heterocycles. The van der Waals surface area contributed by atoms with Crippen LogP contribution in [0.3, 0.4) is 0 Å². The summed E-state index contributed by atoms with van der Waals surface area (Å²) in [6.45, 7) is 3.96. The third kappa shape index (κ3) is 4.84. The normalized spacial score (nSPS) is 11.6. The number of aryl methyl sites for hydroxylation is 2. The topological polar surface area (TPSA) is 70.9 Å². The van der Waals surface area contributed by atoms with Crippen molar-refractivity contribution in [1.82, 2.24) is 0 Å². The first kappa shape index (κ1) is 19.8. The number of rotatable bonds is 7. The van der Waals surface area contributed by atoms with Gasteiger partial charge in [0.25, 0.3) is 10.0 Å². The molecule has 3 rings (SSSR count). The van der Waals surface area contributed by atoms with Gasteiger partial charge in [0.2, 0.25) is 0 Å². The van der Waals surface area contributed by atoms with Crippen LogP contribution in [0.1, 0.15) is 25.0 Å². The Bertz CT molecular complexity index is 1060. The van der Waals surface area contributed by atoms with Crippen molar-refractivity contribution in [3.63, 3.8) is 0 Å². The van der Waals surface area contributed by atoms with E-state index in [2.05, 4.69) is 15.0 Å². The number of benzene rings is 3. The number of sulfonamides is 1. The minimum atomic E-state index is -3.66. The predicted octanol–water partition coefficient (Wildman–Crippen LogP) is 6.03. The molecule has 0 radical (unpaired) electrons. The van der Waals surface area contributed by atoms with Crippen LogP contribution in [0.4, 0.5) is 17.1 Å². The maximum atomic E-state index is 12.9. The Morgan fingerprint density at radius 2 is 1.43 bits per heavy atom. The van der Waals surface area contributed by atoms with E-state index >= 15 is 0 Å². The van der Waals surface area contributed by atoms with Gasteiger partial charge < -0.3 is 0 Å². The zero-order valence-corrected chi connectivity index (χ0v) is 16.8. The van der Waals surface area contributed by atoms with Gasteiger partial charge in [0.1, 0.15) is 0 Å². The maximum absolute atomic E-state index is 12.9. The van der Waals surface area contributed by atoms with Gasteiger partial charge in [-0.3, -0.25) is 4.72 Å². The molecule has 5 nitrogen and oxygen atoms in total. The average Bonchev–Trinajstić information content (AvgIpc) is 2.73. The van der Waals surface area contributed by atoms with Crippen LogP contribution in [0.5, 0.6) is 0 Å². The summed E-state index contributed by atoms with van der Waals surface area (Å²) >= 11 is 0. The highest BCUT2D eigenvalue weighted by molar-refractivity contribution is 7.92. The summed E-state index contributed by atoms with van der Waals surface area (Å²) in [4.78, 5) is 0.335. The molecule has 0 spiro atoms. The lowest BCUT2D eigenvalue weighted by atomic mass is 10.1. The summed E-state index contributed by atoms with van der Waals surface area (Å²) in [5, 5.41) is 8.33. The molecule has 0 aliphatic carbocycles. The van der Waals surface area contributed by atoms with E-state index in [0.29, 0.717) is 22.7 Å². The standard InChI is InChI=1S/C22H23N3O2S/c1-3-17-10-11-18(4-2)22(16-17)28(26,27)25-21-14-12-20(13-15-21)24-23-19-8-6-5-7-9-19/h5-16,25H,3-4H2,1-2H3. The van der Waals surface area contributed by atoms with Crippen LogP contribution < -0.4 is 4.72 Å². The molecule has 0 heterocycles. The number of nitrogens with one attached hydrogen (secondary N) is 1. The van der Waals surface area contributed by atoms with Crippen molar-refractivity contribution in [2.75, 3.05) is 4.72 Å². The Hall–Kier alpha value is -2.99. The molecular weight excluding hydrogens is 370 g/mol. The van der Waals surface area contributed by atoms with Gasteiger partial charge in [0, 0.05) is 5.69 Å². The largest absolute Gasteiger partial charge is 0.280 e. The lowest BCUT2D eigenvalue weighted by molar-refractivity contribution is 0.600. The molecule has 0 amide bonds. The van der Waals surface area contributed by atoms with Crippen LogP contribution in [-0.4, -0.2) is 8.42 Å². The van der Waals surface area contributed by atoms with Crippen LogP contribution in [0.25, 0.3) is 0 Å². The SMILES string of the molecule is CCc1ccc(CC)c(S(=O)(=O)Nc2ccc(N=Nc3ccccc3)cc2)c1. The number of nitrogens with zero attached hydrogens (tertiary/aromatic N) is 2. The molecule has 28 heavy (non-hydrogen) atoms. The van der Waals surface area contributed by atoms with E-state index in [1.807, 2.05) is 56.3 Å². The molecule has 3 aromatic rings. The Morgan fingerprint density at radius 1 is 0.786 bits per heavy atom. The molecule has 0 atom stereocenters. The second kappa shape index (κ2) is 8.80. The van der Waals surface area contributed by atoms with Gasteiger partial charge in [-0.1, -0.05) is 44.2 Å². The zero-order valence-electron chi connectivity index (χ0n) is 16.0. The van der Waals surface area contributed by atoms with Crippen LogP contribution in [0.15, 0.2) is 87.9 Å². The van der Waals surface area contributed by atoms with Crippen LogP contribution in [-0.2, 0) is 22.9 Å². The summed E-state index contributed by atoms with van der Waals surface area (Å²) < 4.78 is 28.4. The van der Waals surface area contributed by atoms with E-state index in [-0.39, 0.29) is 0 Å². The quantitative estimate of drug-likeness (QED) is 0.498. The van der Waals surface area contributed by atoms with Crippen LogP contribution >= 0.6 is 0 Å². The first-order chi connectivity index (χ1) is 13.5. The van der Waals surface area contributed by atoms with Gasteiger partial charge in [-0.25, -0.2) is 8.42 Å². The molecule has 0 unspecified atom stereocenters. The fraction of sp³-hybridized carbons (Fsp3) is 0.182. The van der Waals surface area contributed by atoms with Gasteiger partial charge in [0.15, 0.2) is 0 Å². The van der Waals surface area contributed by atoms with Crippen molar-refractivity contribution in [2.24, 2.45) is 10.2 Å². The molecule has 0 saturated carbocycles. The van der Waals surface area contributed by atoms with Gasteiger partial charge in [-0.05, 0) is 66.4 Å². The fourth-order valence-electron chi connectivity index (χ4n) is 2.78. The molecule has 3 aromatic carbocycles. The number of hydrogen-bond donors (Lipinski definition) is 1. The highest BCUT2D eigenvalue weighted by Crippen LogP contribution is 2.24. The van der Waals surface area contributed by atoms with E-state index in [1.54, 1.807) is 30.3 Å². The van der Waals surface area contributed by atoms with E-state index in [1.165, 1.54) is 0 Å². The first-order valence-electron chi connectivity index (χ1n) is 9.23. The summed E-state index contributed by atoms with van der Waals surface area (Å²) in [5.74, 6) is 0. The molecule has 144 valence electrons.